The highest BCUT2D eigenvalue weighted by atomic mass is 32.1. The maximum absolute atomic E-state index is 12.9. The van der Waals surface area contributed by atoms with E-state index in [-0.39, 0.29) is 17.9 Å². The predicted octanol–water partition coefficient (Wildman–Crippen LogP) is 3.47. The van der Waals surface area contributed by atoms with E-state index in [0.717, 1.165) is 36.8 Å². The molecule has 2 aromatic rings. The molecule has 0 bridgehead atoms. The number of aromatic nitrogens is 1. The van der Waals surface area contributed by atoms with Gasteiger partial charge < -0.3 is 10.6 Å². The predicted molar refractivity (Wildman–Crippen MR) is 95.4 cm³/mol. The molecule has 2 N–H and O–H groups in total. The van der Waals surface area contributed by atoms with Crippen LogP contribution in [-0.2, 0) is 17.6 Å². The lowest BCUT2D eigenvalue weighted by Gasteiger charge is -2.17. The van der Waals surface area contributed by atoms with Gasteiger partial charge in [0.1, 0.15) is 5.00 Å². The van der Waals surface area contributed by atoms with Gasteiger partial charge in [-0.25, -0.2) is 0 Å². The van der Waals surface area contributed by atoms with E-state index >= 15 is 0 Å². The van der Waals surface area contributed by atoms with Gasteiger partial charge in [0.15, 0.2) is 0 Å². The average Bonchev–Trinajstić information content (AvgIpc) is 2.92. The van der Waals surface area contributed by atoms with E-state index in [1.807, 2.05) is 19.1 Å². The van der Waals surface area contributed by atoms with Crippen molar-refractivity contribution in [3.05, 3.63) is 46.1 Å². The summed E-state index contributed by atoms with van der Waals surface area (Å²) in [5, 5.41) is 6.54. The van der Waals surface area contributed by atoms with Crippen LogP contribution in [0.2, 0.25) is 0 Å². The highest BCUT2D eigenvalue weighted by molar-refractivity contribution is 7.17. The third kappa shape index (κ3) is 3.48. The molecule has 0 radical (unpaired) electrons. The smallest absolute Gasteiger partial charge is 0.255 e. The van der Waals surface area contributed by atoms with E-state index in [1.54, 1.807) is 12.4 Å². The zero-order valence-corrected chi connectivity index (χ0v) is 14.7. The first-order valence-corrected chi connectivity index (χ1v) is 9.01. The van der Waals surface area contributed by atoms with Crippen LogP contribution >= 0.6 is 11.3 Å². The lowest BCUT2D eigenvalue weighted by molar-refractivity contribution is -0.114. The number of amides is 2. The maximum atomic E-state index is 12.9. The third-order valence-corrected chi connectivity index (χ3v) is 5.43. The first-order valence-electron chi connectivity index (χ1n) is 8.19. The molecule has 1 aliphatic rings. The molecule has 5 nitrogen and oxygen atoms in total. The molecule has 0 unspecified atom stereocenters. The van der Waals surface area contributed by atoms with Gasteiger partial charge in [0.25, 0.3) is 5.91 Å². The summed E-state index contributed by atoms with van der Waals surface area (Å²) < 4.78 is 0. The molecule has 0 saturated carbocycles. The lowest BCUT2D eigenvalue weighted by atomic mass is 9.95. The minimum absolute atomic E-state index is 0.130. The largest absolute Gasteiger partial charge is 0.345 e. The summed E-state index contributed by atoms with van der Waals surface area (Å²) in [6, 6.07) is 3.65. The number of pyridine rings is 1. The standard InChI is InChI=1S/C18H21N3O2S/c1-11(13-6-5-9-19-10-13)20-17(23)16-14-7-3-4-8-15(14)24-18(16)21-12(2)22/h5-6,9-11H,3-4,7-8H2,1-2H3,(H,20,23)(H,21,22)/t11-/m0/s1. The highest BCUT2D eigenvalue weighted by Gasteiger charge is 2.26. The SMILES string of the molecule is CC(=O)Nc1sc2c(c1C(=O)N[C@@H](C)c1cccnc1)CCCC2. The van der Waals surface area contributed by atoms with Crippen LogP contribution in [0.4, 0.5) is 5.00 Å². The topological polar surface area (TPSA) is 71.1 Å². The Morgan fingerprint density at radius 1 is 1.29 bits per heavy atom. The number of fused-ring (bicyclic) bond motifs is 1. The van der Waals surface area contributed by atoms with Crippen LogP contribution in [-0.4, -0.2) is 16.8 Å². The molecule has 2 amide bonds. The first-order chi connectivity index (χ1) is 11.6. The van der Waals surface area contributed by atoms with E-state index in [1.165, 1.54) is 23.1 Å². The van der Waals surface area contributed by atoms with E-state index in [0.29, 0.717) is 10.6 Å². The van der Waals surface area contributed by atoms with Crippen molar-refractivity contribution < 1.29 is 9.59 Å². The van der Waals surface area contributed by atoms with E-state index in [4.69, 9.17) is 0 Å². The second kappa shape index (κ2) is 7.13. The van der Waals surface area contributed by atoms with Crippen molar-refractivity contribution in [2.75, 3.05) is 5.32 Å². The summed E-state index contributed by atoms with van der Waals surface area (Å²) in [5.74, 6) is -0.280. The van der Waals surface area contributed by atoms with Gasteiger partial charge in [-0.05, 0) is 49.8 Å². The Morgan fingerprint density at radius 2 is 2.08 bits per heavy atom. The average molecular weight is 343 g/mol. The molecule has 0 saturated heterocycles. The Morgan fingerprint density at radius 3 is 2.79 bits per heavy atom. The van der Waals surface area contributed by atoms with E-state index in [2.05, 4.69) is 15.6 Å². The van der Waals surface area contributed by atoms with Gasteiger partial charge in [-0.15, -0.1) is 11.3 Å². The summed E-state index contributed by atoms with van der Waals surface area (Å²) in [7, 11) is 0. The Kier molecular flexibility index (Phi) is 4.94. The van der Waals surface area contributed by atoms with E-state index in [9.17, 15) is 9.59 Å². The van der Waals surface area contributed by atoms with E-state index < -0.39 is 0 Å². The minimum atomic E-state index is -0.150. The molecule has 24 heavy (non-hydrogen) atoms. The van der Waals surface area contributed by atoms with Crippen LogP contribution in [0.1, 0.15) is 59.1 Å². The number of carbonyl (C=O) groups is 2. The molecule has 126 valence electrons. The van der Waals surface area contributed by atoms with Gasteiger partial charge in [-0.3, -0.25) is 14.6 Å². The van der Waals surface area contributed by atoms with Crippen molar-refractivity contribution in [3.63, 3.8) is 0 Å². The number of hydrogen-bond donors (Lipinski definition) is 2. The Bertz CT molecular complexity index is 755. The van der Waals surface area contributed by atoms with Gasteiger partial charge in [0.2, 0.25) is 5.91 Å². The van der Waals surface area contributed by atoms with Gasteiger partial charge >= 0.3 is 0 Å². The molecule has 1 aliphatic carbocycles. The molecule has 1 atom stereocenters. The lowest BCUT2D eigenvalue weighted by Crippen LogP contribution is -2.28. The van der Waals surface area contributed by atoms with Crippen LogP contribution in [0.15, 0.2) is 24.5 Å². The van der Waals surface area contributed by atoms with Crippen LogP contribution < -0.4 is 10.6 Å². The maximum Gasteiger partial charge on any atom is 0.255 e. The van der Waals surface area contributed by atoms with Crippen LogP contribution in [0.5, 0.6) is 0 Å². The molecular weight excluding hydrogens is 322 g/mol. The number of rotatable bonds is 4. The molecule has 2 heterocycles. The molecular formula is C18H21N3O2S. The number of anilines is 1. The fraction of sp³-hybridized carbons (Fsp3) is 0.389. The number of nitrogens with one attached hydrogen (secondary N) is 2. The molecule has 0 aliphatic heterocycles. The molecule has 0 aromatic carbocycles. The molecule has 2 aromatic heterocycles. The number of carbonyl (C=O) groups excluding carboxylic acids is 2. The minimum Gasteiger partial charge on any atom is -0.345 e. The Balaban J connectivity index is 1.88. The Hall–Kier alpha value is -2.21. The summed E-state index contributed by atoms with van der Waals surface area (Å²) in [5.41, 5.74) is 2.70. The number of nitrogens with zero attached hydrogens (tertiary/aromatic N) is 1. The van der Waals surface area contributed by atoms with Crippen molar-refractivity contribution in [1.82, 2.24) is 10.3 Å². The highest BCUT2D eigenvalue weighted by Crippen LogP contribution is 2.38. The number of aryl methyl sites for hydroxylation is 1. The second-order valence-corrected chi connectivity index (χ2v) is 7.18. The Labute approximate surface area is 145 Å². The summed E-state index contributed by atoms with van der Waals surface area (Å²) in [6.07, 6.45) is 7.57. The van der Waals surface area contributed by atoms with Crippen molar-refractivity contribution >= 4 is 28.2 Å². The van der Waals surface area contributed by atoms with Gasteiger partial charge in [-0.1, -0.05) is 6.07 Å². The van der Waals surface area contributed by atoms with Gasteiger partial charge in [0.05, 0.1) is 11.6 Å². The van der Waals surface area contributed by atoms with Crippen molar-refractivity contribution in [2.45, 2.75) is 45.6 Å². The zero-order chi connectivity index (χ0) is 17.1. The quantitative estimate of drug-likeness (QED) is 0.893. The first kappa shape index (κ1) is 16.6. The fourth-order valence-corrected chi connectivity index (χ4v) is 4.37. The van der Waals surface area contributed by atoms with Crippen LogP contribution in [0, 0.1) is 0 Å². The summed E-state index contributed by atoms with van der Waals surface area (Å²) in [6.45, 7) is 3.41. The van der Waals surface area contributed by atoms with Gasteiger partial charge in [-0.2, -0.15) is 0 Å². The van der Waals surface area contributed by atoms with Crippen LogP contribution in [0.25, 0.3) is 0 Å². The monoisotopic (exact) mass is 343 g/mol. The second-order valence-electron chi connectivity index (χ2n) is 6.08. The zero-order valence-electron chi connectivity index (χ0n) is 13.9. The fourth-order valence-electron chi connectivity index (χ4n) is 3.04. The summed E-state index contributed by atoms with van der Waals surface area (Å²) >= 11 is 1.54. The third-order valence-electron chi connectivity index (χ3n) is 4.22. The van der Waals surface area contributed by atoms with Gasteiger partial charge in [0, 0.05) is 24.2 Å². The normalized spacial score (nSPS) is 14.6. The molecule has 0 spiro atoms. The molecule has 3 rings (SSSR count). The molecule has 6 heteroatoms. The number of thiophene rings is 1. The number of hydrogen-bond acceptors (Lipinski definition) is 4. The molecule has 0 fully saturated rings. The summed E-state index contributed by atoms with van der Waals surface area (Å²) in [4.78, 5) is 29.7. The van der Waals surface area contributed by atoms with Crippen molar-refractivity contribution in [3.8, 4) is 0 Å². The van der Waals surface area contributed by atoms with Crippen molar-refractivity contribution in [1.29, 1.82) is 0 Å². The van der Waals surface area contributed by atoms with Crippen LogP contribution in [0.3, 0.4) is 0 Å². The van der Waals surface area contributed by atoms with Crippen molar-refractivity contribution in [2.24, 2.45) is 0 Å².